The number of halogens is 4. The number of benzene rings is 2. The quantitative estimate of drug-likeness (QED) is 0.336. The fourth-order valence-electron chi connectivity index (χ4n) is 5.58. The summed E-state index contributed by atoms with van der Waals surface area (Å²) in [5, 5.41) is 39.8. The third-order valence-electron chi connectivity index (χ3n) is 7.58. The summed E-state index contributed by atoms with van der Waals surface area (Å²) < 4.78 is 54.7. The molecule has 41 heavy (non-hydrogen) atoms. The maximum absolute atomic E-state index is 14.3. The number of nitrogens with zero attached hydrogens (tertiary/aromatic N) is 4. The number of aliphatic hydroxyl groups is 3. The van der Waals surface area contributed by atoms with E-state index in [9.17, 15) is 33.3 Å². The van der Waals surface area contributed by atoms with Gasteiger partial charge in [0.25, 0.3) is 5.91 Å². The molecular formula is C27H28BrF3N4O6. The fourth-order valence-corrected chi connectivity index (χ4v) is 5.97. The van der Waals surface area contributed by atoms with Crippen LogP contribution < -0.4 is 4.90 Å². The second-order valence-corrected chi connectivity index (χ2v) is 11.0. The van der Waals surface area contributed by atoms with Gasteiger partial charge in [-0.1, -0.05) is 27.2 Å². The van der Waals surface area contributed by atoms with Crippen molar-refractivity contribution in [1.29, 1.82) is 0 Å². The minimum atomic E-state index is -1.63. The van der Waals surface area contributed by atoms with Crippen molar-refractivity contribution in [3.8, 4) is 11.3 Å². The summed E-state index contributed by atoms with van der Waals surface area (Å²) >= 11 is 3.42. The summed E-state index contributed by atoms with van der Waals surface area (Å²) in [6, 6.07) is 6.80. The summed E-state index contributed by atoms with van der Waals surface area (Å²) in [5.41, 5.74) is 0.357. The van der Waals surface area contributed by atoms with Crippen LogP contribution in [0, 0.1) is 17.5 Å². The minimum absolute atomic E-state index is 0.0374. The van der Waals surface area contributed by atoms with Gasteiger partial charge in [-0.3, -0.25) is 4.79 Å². The summed E-state index contributed by atoms with van der Waals surface area (Å²) in [6.45, 7) is -0.656. The third kappa shape index (κ3) is 5.64. The van der Waals surface area contributed by atoms with Crippen molar-refractivity contribution in [3.05, 3.63) is 64.5 Å². The predicted molar refractivity (Wildman–Crippen MR) is 142 cm³/mol. The second kappa shape index (κ2) is 12.2. The van der Waals surface area contributed by atoms with E-state index in [0.717, 1.165) is 16.8 Å². The number of amides is 1. The van der Waals surface area contributed by atoms with Crippen LogP contribution in [0.3, 0.4) is 0 Å². The van der Waals surface area contributed by atoms with Crippen molar-refractivity contribution < 1.29 is 42.8 Å². The number of anilines is 1. The number of carbonyl (C=O) groups is 1. The lowest BCUT2D eigenvalue weighted by Crippen LogP contribution is -2.62. The van der Waals surface area contributed by atoms with Crippen LogP contribution >= 0.6 is 15.9 Å². The molecule has 10 nitrogen and oxygen atoms in total. The molecular weight excluding hydrogens is 613 g/mol. The van der Waals surface area contributed by atoms with Gasteiger partial charge in [0.1, 0.15) is 30.0 Å². The van der Waals surface area contributed by atoms with Crippen LogP contribution in [-0.4, -0.2) is 86.5 Å². The Bertz CT molecular complexity index is 1390. The normalized spacial score (nSPS) is 28.1. The minimum Gasteiger partial charge on any atom is -0.394 e. The van der Waals surface area contributed by atoms with Gasteiger partial charge in [-0.15, -0.1) is 5.10 Å². The molecule has 2 heterocycles. The number of carbonyl (C=O) groups excluding carboxylic acids is 1. The zero-order valence-electron chi connectivity index (χ0n) is 21.8. The van der Waals surface area contributed by atoms with Crippen molar-refractivity contribution >= 4 is 27.5 Å². The number of rotatable bonds is 7. The zero-order chi connectivity index (χ0) is 29.4. The first kappa shape index (κ1) is 29.6. The average Bonchev–Trinajstić information content (AvgIpc) is 3.61. The molecule has 14 heteroatoms. The first-order valence-corrected chi connectivity index (χ1v) is 13.7. The highest BCUT2D eigenvalue weighted by atomic mass is 79.9. The smallest absolute Gasteiger partial charge is 0.259 e. The van der Waals surface area contributed by atoms with Crippen LogP contribution in [0.15, 0.2) is 47.1 Å². The van der Waals surface area contributed by atoms with Crippen LogP contribution in [0.1, 0.15) is 25.3 Å². The SMILES string of the molecule is COC1C(C(=O)N(c2cccc(Br)c2)[C@H]2CCC[C@@H]2O)OC(CO)C(O)C1n1cc(-c2cc(F)c(F)c(F)c2)nn1. The highest BCUT2D eigenvalue weighted by molar-refractivity contribution is 9.10. The van der Waals surface area contributed by atoms with E-state index in [0.29, 0.717) is 29.4 Å². The molecule has 5 rings (SSSR count). The third-order valence-corrected chi connectivity index (χ3v) is 8.07. The molecule has 2 fully saturated rings. The highest BCUT2D eigenvalue weighted by Crippen LogP contribution is 2.37. The molecule has 2 aromatic carbocycles. The molecule has 1 aliphatic heterocycles. The topological polar surface area (TPSA) is 130 Å². The van der Waals surface area contributed by atoms with E-state index >= 15 is 0 Å². The molecule has 0 spiro atoms. The summed E-state index contributed by atoms with van der Waals surface area (Å²) in [6.07, 6.45) is -3.00. The van der Waals surface area contributed by atoms with Crippen molar-refractivity contribution in [2.45, 2.75) is 61.9 Å². The Morgan fingerprint density at radius 3 is 2.54 bits per heavy atom. The Labute approximate surface area is 241 Å². The lowest BCUT2D eigenvalue weighted by atomic mass is 9.91. The van der Waals surface area contributed by atoms with E-state index in [1.165, 1.54) is 18.2 Å². The Morgan fingerprint density at radius 2 is 1.93 bits per heavy atom. The Balaban J connectivity index is 1.53. The highest BCUT2D eigenvalue weighted by Gasteiger charge is 2.52. The van der Waals surface area contributed by atoms with E-state index < -0.39 is 72.6 Å². The molecule has 3 N–H and O–H groups in total. The number of hydrogen-bond donors (Lipinski definition) is 3. The van der Waals surface area contributed by atoms with Gasteiger partial charge >= 0.3 is 0 Å². The van der Waals surface area contributed by atoms with Crippen LogP contribution in [0.25, 0.3) is 11.3 Å². The standard InChI is InChI=1S/C27H28BrF3N4O6/c1-40-25-23(34-11-18(32-33-34)13-8-16(29)22(31)17(30)9-13)24(38)21(12-36)41-26(25)27(39)35(19-6-3-7-20(19)37)15-5-2-4-14(28)10-15/h2,4-5,8-11,19-21,23-26,36-38H,3,6-7,12H2,1H3/t19-,20-,21?,23?,24?,25?,26?/m0/s1. The van der Waals surface area contributed by atoms with E-state index in [2.05, 4.69) is 26.2 Å². The molecule has 1 saturated heterocycles. The molecule has 1 amide bonds. The maximum Gasteiger partial charge on any atom is 0.259 e. The van der Waals surface area contributed by atoms with E-state index in [4.69, 9.17) is 9.47 Å². The van der Waals surface area contributed by atoms with E-state index in [-0.39, 0.29) is 11.3 Å². The van der Waals surface area contributed by atoms with Gasteiger partial charge in [-0.2, -0.15) is 0 Å². The number of aliphatic hydroxyl groups excluding tert-OH is 3. The summed E-state index contributed by atoms with van der Waals surface area (Å²) in [4.78, 5) is 15.7. The van der Waals surface area contributed by atoms with Gasteiger partial charge < -0.3 is 29.7 Å². The van der Waals surface area contributed by atoms with Crippen molar-refractivity contribution in [1.82, 2.24) is 15.0 Å². The van der Waals surface area contributed by atoms with Crippen LogP contribution in [0.4, 0.5) is 18.9 Å². The largest absolute Gasteiger partial charge is 0.394 e. The van der Waals surface area contributed by atoms with Gasteiger partial charge in [0.15, 0.2) is 23.6 Å². The van der Waals surface area contributed by atoms with Crippen LogP contribution in [0.2, 0.25) is 0 Å². The number of hydrogen-bond acceptors (Lipinski definition) is 8. The lowest BCUT2D eigenvalue weighted by Gasteiger charge is -2.45. The Morgan fingerprint density at radius 1 is 1.20 bits per heavy atom. The number of methoxy groups -OCH3 is 1. The van der Waals surface area contributed by atoms with Crippen molar-refractivity contribution in [2.75, 3.05) is 18.6 Å². The Kier molecular flexibility index (Phi) is 8.78. The maximum atomic E-state index is 14.3. The molecule has 2 aliphatic rings. The zero-order valence-corrected chi connectivity index (χ0v) is 23.4. The van der Waals surface area contributed by atoms with Gasteiger partial charge in [0, 0.05) is 22.8 Å². The fraction of sp³-hybridized carbons (Fsp3) is 0.444. The molecule has 5 unspecified atom stereocenters. The monoisotopic (exact) mass is 640 g/mol. The van der Waals surface area contributed by atoms with Crippen molar-refractivity contribution in [3.63, 3.8) is 0 Å². The summed E-state index contributed by atoms with van der Waals surface area (Å²) in [5.74, 6) is -5.03. The average molecular weight is 641 g/mol. The van der Waals surface area contributed by atoms with Gasteiger partial charge in [0.2, 0.25) is 0 Å². The second-order valence-electron chi connectivity index (χ2n) is 10.1. The lowest BCUT2D eigenvalue weighted by molar-refractivity contribution is -0.211. The molecule has 3 aromatic rings. The van der Waals surface area contributed by atoms with Crippen molar-refractivity contribution in [2.24, 2.45) is 0 Å². The van der Waals surface area contributed by atoms with E-state index in [1.54, 1.807) is 24.3 Å². The van der Waals surface area contributed by atoms with Gasteiger partial charge in [-0.05, 0) is 49.6 Å². The van der Waals surface area contributed by atoms with Gasteiger partial charge in [0.05, 0.1) is 24.9 Å². The summed E-state index contributed by atoms with van der Waals surface area (Å²) in [7, 11) is 1.31. The molecule has 1 saturated carbocycles. The first-order valence-electron chi connectivity index (χ1n) is 12.9. The predicted octanol–water partition coefficient (Wildman–Crippen LogP) is 2.75. The Hall–Kier alpha value is -2.88. The molecule has 7 atom stereocenters. The first-order chi connectivity index (χ1) is 19.6. The number of aromatic nitrogens is 3. The number of ether oxygens (including phenoxy) is 2. The van der Waals surface area contributed by atoms with Crippen LogP contribution in [0.5, 0.6) is 0 Å². The van der Waals surface area contributed by atoms with Gasteiger partial charge in [-0.25, -0.2) is 17.9 Å². The molecule has 1 aliphatic carbocycles. The molecule has 0 radical (unpaired) electrons. The van der Waals surface area contributed by atoms with Crippen LogP contribution in [-0.2, 0) is 14.3 Å². The molecule has 220 valence electrons. The van der Waals surface area contributed by atoms with E-state index in [1.807, 2.05) is 0 Å². The molecule has 0 bridgehead atoms. The molecule has 1 aromatic heterocycles.